The lowest BCUT2D eigenvalue weighted by molar-refractivity contribution is -0.135. The summed E-state index contributed by atoms with van der Waals surface area (Å²) in [5.74, 6) is 2.80. The lowest BCUT2D eigenvalue weighted by Gasteiger charge is -2.59. The molecule has 0 amide bonds. The Morgan fingerprint density at radius 1 is 1.05 bits per heavy atom. The second-order valence-corrected chi connectivity index (χ2v) is 8.99. The Balaban J connectivity index is 1.65. The van der Waals surface area contributed by atoms with E-state index in [1.165, 1.54) is 25.7 Å². The first-order valence-electron chi connectivity index (χ1n) is 8.78. The SMILES string of the molecule is C[C@]12CCC(=S)N[C@@H]1CC[C@@H]1[C@@H]2CC[C@]2(C)C(=O)CC[C@@H]12. The molecule has 1 N–H and O–H groups in total. The van der Waals surface area contributed by atoms with Crippen LogP contribution in [0, 0.1) is 28.6 Å². The van der Waals surface area contributed by atoms with Crippen molar-refractivity contribution >= 4 is 23.0 Å². The van der Waals surface area contributed by atoms with Crippen LogP contribution in [0.2, 0.25) is 0 Å². The monoisotopic (exact) mass is 305 g/mol. The van der Waals surface area contributed by atoms with Crippen molar-refractivity contribution in [1.29, 1.82) is 0 Å². The molecule has 3 aliphatic carbocycles. The summed E-state index contributed by atoms with van der Waals surface area (Å²) in [6.07, 6.45) is 9.24. The molecule has 3 saturated carbocycles. The van der Waals surface area contributed by atoms with E-state index in [0.717, 1.165) is 42.5 Å². The minimum Gasteiger partial charge on any atom is -0.376 e. The van der Waals surface area contributed by atoms with E-state index in [0.29, 0.717) is 23.2 Å². The maximum atomic E-state index is 12.4. The number of rotatable bonds is 0. The highest BCUT2D eigenvalue weighted by Crippen LogP contribution is 2.62. The predicted molar refractivity (Wildman–Crippen MR) is 88.1 cm³/mol. The van der Waals surface area contributed by atoms with Gasteiger partial charge in [0.2, 0.25) is 0 Å². The lowest BCUT2D eigenvalue weighted by atomic mass is 9.48. The highest BCUT2D eigenvalue weighted by Gasteiger charge is 2.60. The Kier molecular flexibility index (Phi) is 3.06. The zero-order chi connectivity index (χ0) is 14.8. The largest absolute Gasteiger partial charge is 0.376 e. The smallest absolute Gasteiger partial charge is 0.139 e. The van der Waals surface area contributed by atoms with Gasteiger partial charge in [0.15, 0.2) is 0 Å². The van der Waals surface area contributed by atoms with Gasteiger partial charge in [-0.05, 0) is 68.1 Å². The van der Waals surface area contributed by atoms with E-state index in [1.807, 2.05) is 0 Å². The second-order valence-electron chi connectivity index (χ2n) is 8.50. The summed E-state index contributed by atoms with van der Waals surface area (Å²) in [6.45, 7) is 4.77. The van der Waals surface area contributed by atoms with Gasteiger partial charge in [0, 0.05) is 17.9 Å². The summed E-state index contributed by atoms with van der Waals surface area (Å²) in [6, 6.07) is 0.585. The summed E-state index contributed by atoms with van der Waals surface area (Å²) in [7, 11) is 0. The number of piperidine rings is 1. The van der Waals surface area contributed by atoms with Crippen LogP contribution < -0.4 is 5.32 Å². The molecule has 1 heterocycles. The van der Waals surface area contributed by atoms with Crippen LogP contribution in [-0.4, -0.2) is 16.8 Å². The van der Waals surface area contributed by atoms with E-state index in [2.05, 4.69) is 19.2 Å². The molecule has 0 unspecified atom stereocenters. The van der Waals surface area contributed by atoms with Crippen LogP contribution in [0.15, 0.2) is 0 Å². The van der Waals surface area contributed by atoms with Crippen LogP contribution in [0.5, 0.6) is 0 Å². The van der Waals surface area contributed by atoms with Crippen LogP contribution in [0.4, 0.5) is 0 Å². The standard InChI is InChI=1S/C18H27NOS/c1-17-10-8-16(21)19-14(17)5-3-11-12-4-6-15(20)18(12,2)9-7-13(11)17/h11-14H,3-10H2,1-2H3,(H,19,21)/t11-,12-,13-,14+,17+,18-/m0/s1. The number of carbonyl (C=O) groups excluding carboxylic acids is 1. The molecule has 0 radical (unpaired) electrons. The van der Waals surface area contributed by atoms with Gasteiger partial charge in [0.25, 0.3) is 0 Å². The van der Waals surface area contributed by atoms with Gasteiger partial charge in [-0.1, -0.05) is 26.1 Å². The number of nitrogens with one attached hydrogen (secondary N) is 1. The third-order valence-electron chi connectivity index (χ3n) is 7.80. The molecule has 3 heteroatoms. The summed E-state index contributed by atoms with van der Waals surface area (Å²) < 4.78 is 0. The molecular formula is C18H27NOS. The normalized spacial score (nSPS) is 52.7. The quantitative estimate of drug-likeness (QED) is 0.689. The van der Waals surface area contributed by atoms with Crippen molar-refractivity contribution in [3.8, 4) is 0 Å². The molecule has 0 spiro atoms. The van der Waals surface area contributed by atoms with Crippen LogP contribution >= 0.6 is 12.2 Å². The van der Waals surface area contributed by atoms with E-state index in [9.17, 15) is 4.79 Å². The predicted octanol–water partition coefficient (Wildman–Crippen LogP) is 3.88. The zero-order valence-electron chi connectivity index (χ0n) is 13.3. The maximum absolute atomic E-state index is 12.4. The summed E-state index contributed by atoms with van der Waals surface area (Å²) in [5, 5.41) is 3.63. The lowest BCUT2D eigenvalue weighted by Crippen LogP contribution is -2.60. The number of ketones is 1. The highest BCUT2D eigenvalue weighted by atomic mass is 32.1. The maximum Gasteiger partial charge on any atom is 0.139 e. The van der Waals surface area contributed by atoms with E-state index >= 15 is 0 Å². The van der Waals surface area contributed by atoms with Gasteiger partial charge in [-0.3, -0.25) is 4.79 Å². The van der Waals surface area contributed by atoms with Crippen molar-refractivity contribution < 1.29 is 4.79 Å². The molecule has 1 saturated heterocycles. The number of fused-ring (bicyclic) bond motifs is 5. The molecule has 0 aromatic heterocycles. The molecule has 1 aliphatic heterocycles. The summed E-state index contributed by atoms with van der Waals surface area (Å²) in [5.41, 5.74) is 0.417. The number of hydrogen-bond donors (Lipinski definition) is 1. The molecule has 4 aliphatic rings. The fourth-order valence-electron chi connectivity index (χ4n) is 6.47. The third kappa shape index (κ3) is 1.82. The molecule has 0 aromatic rings. The van der Waals surface area contributed by atoms with Gasteiger partial charge in [0.05, 0.1) is 4.99 Å². The summed E-state index contributed by atoms with van der Waals surface area (Å²) in [4.78, 5) is 13.5. The molecule has 21 heavy (non-hydrogen) atoms. The first kappa shape index (κ1) is 14.2. The molecule has 116 valence electrons. The zero-order valence-corrected chi connectivity index (χ0v) is 14.1. The average molecular weight is 305 g/mol. The Hall–Kier alpha value is -0.440. The number of Topliss-reactive ketones (excluding diaryl/α,β-unsaturated/α-hetero) is 1. The fourth-order valence-corrected chi connectivity index (χ4v) is 6.72. The van der Waals surface area contributed by atoms with Crippen molar-refractivity contribution in [2.75, 3.05) is 0 Å². The van der Waals surface area contributed by atoms with Crippen molar-refractivity contribution in [1.82, 2.24) is 5.32 Å². The average Bonchev–Trinajstić information content (AvgIpc) is 2.76. The first-order valence-corrected chi connectivity index (χ1v) is 9.19. The van der Waals surface area contributed by atoms with E-state index in [-0.39, 0.29) is 5.41 Å². The first-order chi connectivity index (χ1) is 9.95. The van der Waals surface area contributed by atoms with Gasteiger partial charge in [-0.25, -0.2) is 0 Å². The molecule has 0 aromatic carbocycles. The van der Waals surface area contributed by atoms with Crippen molar-refractivity contribution in [2.24, 2.45) is 28.6 Å². The highest BCUT2D eigenvalue weighted by molar-refractivity contribution is 7.80. The number of thiocarbonyl (C=S) groups is 1. The van der Waals surface area contributed by atoms with Crippen LogP contribution in [0.25, 0.3) is 0 Å². The van der Waals surface area contributed by atoms with Gasteiger partial charge in [-0.15, -0.1) is 0 Å². The molecule has 2 nitrogen and oxygen atoms in total. The van der Waals surface area contributed by atoms with Crippen molar-refractivity contribution in [3.05, 3.63) is 0 Å². The topological polar surface area (TPSA) is 29.1 Å². The van der Waals surface area contributed by atoms with Gasteiger partial charge < -0.3 is 5.32 Å². The van der Waals surface area contributed by atoms with Gasteiger partial charge >= 0.3 is 0 Å². The molecule has 4 rings (SSSR count). The Morgan fingerprint density at radius 2 is 1.86 bits per heavy atom. The van der Waals surface area contributed by atoms with Crippen LogP contribution in [-0.2, 0) is 4.79 Å². The minimum absolute atomic E-state index is 0.0156. The Labute approximate surface area is 133 Å². The molecule has 0 bridgehead atoms. The van der Waals surface area contributed by atoms with Crippen molar-refractivity contribution in [3.63, 3.8) is 0 Å². The molecule has 6 atom stereocenters. The van der Waals surface area contributed by atoms with Crippen LogP contribution in [0.1, 0.15) is 65.2 Å². The molecular weight excluding hydrogens is 278 g/mol. The van der Waals surface area contributed by atoms with Crippen molar-refractivity contribution in [2.45, 2.75) is 71.3 Å². The fraction of sp³-hybridized carbons (Fsp3) is 0.889. The number of carbonyl (C=O) groups is 1. The van der Waals surface area contributed by atoms with E-state index < -0.39 is 0 Å². The Bertz CT molecular complexity index is 503. The number of hydrogen-bond acceptors (Lipinski definition) is 2. The Morgan fingerprint density at radius 3 is 2.67 bits per heavy atom. The van der Waals surface area contributed by atoms with E-state index in [1.54, 1.807) is 0 Å². The van der Waals surface area contributed by atoms with Gasteiger partial charge in [-0.2, -0.15) is 0 Å². The van der Waals surface area contributed by atoms with Gasteiger partial charge in [0.1, 0.15) is 5.78 Å². The van der Waals surface area contributed by atoms with E-state index in [4.69, 9.17) is 12.2 Å². The summed E-state index contributed by atoms with van der Waals surface area (Å²) >= 11 is 5.42. The minimum atomic E-state index is 0.0156. The van der Waals surface area contributed by atoms with Crippen LogP contribution in [0.3, 0.4) is 0 Å². The molecule has 4 fully saturated rings. The second kappa shape index (κ2) is 4.53. The third-order valence-corrected chi connectivity index (χ3v) is 8.13.